The van der Waals surface area contributed by atoms with Crippen LogP contribution in [0.4, 0.5) is 0 Å². The van der Waals surface area contributed by atoms with Gasteiger partial charge in [0.25, 0.3) is 0 Å². The SMILES string of the molecule is CCCCCCCC(C)(OO)OO. The van der Waals surface area contributed by atoms with E-state index < -0.39 is 5.79 Å². The molecule has 80 valence electrons. The molecule has 2 N–H and O–H groups in total. The molecule has 0 spiro atoms. The van der Waals surface area contributed by atoms with Crippen LogP contribution >= 0.6 is 0 Å². The molecule has 0 saturated carbocycles. The average molecular weight is 192 g/mol. The molecule has 13 heavy (non-hydrogen) atoms. The Morgan fingerprint density at radius 3 is 2.00 bits per heavy atom. The fourth-order valence-corrected chi connectivity index (χ4v) is 1.16. The topological polar surface area (TPSA) is 58.9 Å². The van der Waals surface area contributed by atoms with Gasteiger partial charge in [0.1, 0.15) is 0 Å². The smallest absolute Gasteiger partial charge is 0.230 e. The minimum atomic E-state index is -1.26. The quantitative estimate of drug-likeness (QED) is 0.268. The third-order valence-electron chi connectivity index (χ3n) is 2.12. The second kappa shape index (κ2) is 7.26. The summed E-state index contributed by atoms with van der Waals surface area (Å²) in [6.45, 7) is 3.64. The number of unbranched alkanes of at least 4 members (excludes halogenated alkanes) is 4. The second-order valence-corrected chi connectivity index (χ2v) is 3.48. The van der Waals surface area contributed by atoms with E-state index in [4.69, 9.17) is 10.5 Å². The average Bonchev–Trinajstić information content (AvgIpc) is 2.17. The van der Waals surface area contributed by atoms with E-state index in [1.165, 1.54) is 26.2 Å². The van der Waals surface area contributed by atoms with Crippen LogP contribution in [0.3, 0.4) is 0 Å². The minimum Gasteiger partial charge on any atom is -0.249 e. The molecule has 4 heteroatoms. The van der Waals surface area contributed by atoms with Crippen molar-refractivity contribution in [2.24, 2.45) is 0 Å². The van der Waals surface area contributed by atoms with Gasteiger partial charge in [-0.25, -0.2) is 20.3 Å². The Bertz CT molecular complexity index is 112. The van der Waals surface area contributed by atoms with Crippen molar-refractivity contribution in [3.63, 3.8) is 0 Å². The van der Waals surface area contributed by atoms with Gasteiger partial charge in [0, 0.05) is 6.42 Å². The van der Waals surface area contributed by atoms with E-state index >= 15 is 0 Å². The van der Waals surface area contributed by atoms with E-state index in [9.17, 15) is 0 Å². The zero-order valence-electron chi connectivity index (χ0n) is 8.45. The van der Waals surface area contributed by atoms with Gasteiger partial charge >= 0.3 is 0 Å². The largest absolute Gasteiger partial charge is 0.249 e. The van der Waals surface area contributed by atoms with Crippen LogP contribution in [0.25, 0.3) is 0 Å². The Balaban J connectivity index is 3.39. The molecule has 0 rings (SSSR count). The van der Waals surface area contributed by atoms with Gasteiger partial charge in [0.2, 0.25) is 5.79 Å². The van der Waals surface area contributed by atoms with Crippen LogP contribution in [0, 0.1) is 0 Å². The molecule has 0 aromatic heterocycles. The van der Waals surface area contributed by atoms with Gasteiger partial charge < -0.3 is 0 Å². The van der Waals surface area contributed by atoms with Gasteiger partial charge in [-0.15, -0.1) is 0 Å². The molecule has 0 radical (unpaired) electrons. The van der Waals surface area contributed by atoms with Crippen molar-refractivity contribution in [2.45, 2.75) is 58.2 Å². The third-order valence-corrected chi connectivity index (χ3v) is 2.12. The highest BCUT2D eigenvalue weighted by Gasteiger charge is 2.25. The van der Waals surface area contributed by atoms with Crippen molar-refractivity contribution in [1.29, 1.82) is 0 Å². The Kier molecular flexibility index (Phi) is 7.17. The minimum absolute atomic E-state index is 0.490. The molecule has 0 unspecified atom stereocenters. The molecule has 0 fully saturated rings. The van der Waals surface area contributed by atoms with Gasteiger partial charge in [0.05, 0.1) is 0 Å². The zero-order chi connectivity index (χ0) is 10.2. The third kappa shape index (κ3) is 5.99. The van der Waals surface area contributed by atoms with Gasteiger partial charge in [-0.3, -0.25) is 0 Å². The molecule has 0 aliphatic rings. The fourth-order valence-electron chi connectivity index (χ4n) is 1.16. The maximum Gasteiger partial charge on any atom is 0.230 e. The van der Waals surface area contributed by atoms with E-state index in [1.54, 1.807) is 0 Å². The van der Waals surface area contributed by atoms with Crippen molar-refractivity contribution in [2.75, 3.05) is 0 Å². The molecule has 0 bridgehead atoms. The first-order valence-corrected chi connectivity index (χ1v) is 4.83. The lowest BCUT2D eigenvalue weighted by Gasteiger charge is -2.21. The van der Waals surface area contributed by atoms with Gasteiger partial charge in [-0.05, 0) is 13.3 Å². The Morgan fingerprint density at radius 1 is 1.00 bits per heavy atom. The molecular weight excluding hydrogens is 172 g/mol. The lowest BCUT2D eigenvalue weighted by molar-refractivity contribution is -0.482. The molecule has 0 aromatic carbocycles. The number of hydrogen-bond acceptors (Lipinski definition) is 4. The Morgan fingerprint density at radius 2 is 1.54 bits per heavy atom. The summed E-state index contributed by atoms with van der Waals surface area (Å²) >= 11 is 0. The fraction of sp³-hybridized carbons (Fsp3) is 1.00. The molecule has 0 saturated heterocycles. The highest BCUT2D eigenvalue weighted by molar-refractivity contribution is 4.59. The predicted octanol–water partition coefficient (Wildman–Crippen LogP) is 3.04. The van der Waals surface area contributed by atoms with E-state index in [2.05, 4.69) is 16.7 Å². The highest BCUT2D eigenvalue weighted by atomic mass is 17.2. The van der Waals surface area contributed by atoms with Crippen LogP contribution in [0.5, 0.6) is 0 Å². The van der Waals surface area contributed by atoms with Crippen molar-refractivity contribution in [3.05, 3.63) is 0 Å². The molecule has 0 aliphatic heterocycles. The van der Waals surface area contributed by atoms with Gasteiger partial charge in [0.15, 0.2) is 0 Å². The molecule has 4 nitrogen and oxygen atoms in total. The lowest BCUT2D eigenvalue weighted by atomic mass is 10.1. The summed E-state index contributed by atoms with van der Waals surface area (Å²) in [5, 5.41) is 16.8. The molecule has 0 amide bonds. The highest BCUT2D eigenvalue weighted by Crippen LogP contribution is 2.19. The summed E-state index contributed by atoms with van der Waals surface area (Å²) in [4.78, 5) is 8.04. The predicted molar refractivity (Wildman–Crippen MR) is 49.2 cm³/mol. The Labute approximate surface area is 79.3 Å². The van der Waals surface area contributed by atoms with Crippen molar-refractivity contribution in [1.82, 2.24) is 0 Å². The molecule has 0 atom stereocenters. The summed E-state index contributed by atoms with van der Waals surface area (Å²) in [6, 6.07) is 0. The summed E-state index contributed by atoms with van der Waals surface area (Å²) in [7, 11) is 0. The zero-order valence-corrected chi connectivity index (χ0v) is 8.45. The van der Waals surface area contributed by atoms with Crippen LogP contribution < -0.4 is 0 Å². The first kappa shape index (κ1) is 12.8. The van der Waals surface area contributed by atoms with Crippen molar-refractivity contribution in [3.8, 4) is 0 Å². The molecule has 0 aromatic rings. The van der Waals surface area contributed by atoms with E-state index in [-0.39, 0.29) is 0 Å². The summed E-state index contributed by atoms with van der Waals surface area (Å²) < 4.78 is 0. The summed E-state index contributed by atoms with van der Waals surface area (Å²) in [5.74, 6) is -1.26. The van der Waals surface area contributed by atoms with Crippen LogP contribution in [0.15, 0.2) is 0 Å². The van der Waals surface area contributed by atoms with Gasteiger partial charge in [-0.2, -0.15) is 0 Å². The number of hydrogen-bond donors (Lipinski definition) is 2. The standard InChI is InChI=1S/C9H20O4/c1-3-4-5-6-7-8-9(2,12-10)13-11/h10-11H,3-8H2,1-2H3. The molecule has 0 aliphatic carbocycles. The Hall–Kier alpha value is -0.160. The number of rotatable bonds is 8. The van der Waals surface area contributed by atoms with Crippen molar-refractivity contribution >= 4 is 0 Å². The molecular formula is C9H20O4. The first-order valence-electron chi connectivity index (χ1n) is 4.83. The van der Waals surface area contributed by atoms with Crippen LogP contribution in [-0.4, -0.2) is 16.3 Å². The normalized spacial score (nSPS) is 12.0. The summed E-state index contributed by atoms with van der Waals surface area (Å²) in [5.41, 5.74) is 0. The van der Waals surface area contributed by atoms with E-state index in [0.717, 1.165) is 12.8 Å². The van der Waals surface area contributed by atoms with E-state index in [1.807, 2.05) is 0 Å². The second-order valence-electron chi connectivity index (χ2n) is 3.48. The van der Waals surface area contributed by atoms with Crippen molar-refractivity contribution < 1.29 is 20.3 Å². The maximum atomic E-state index is 8.40. The van der Waals surface area contributed by atoms with Gasteiger partial charge in [-0.1, -0.05) is 32.6 Å². The maximum absolute atomic E-state index is 8.40. The van der Waals surface area contributed by atoms with Crippen LogP contribution in [0.2, 0.25) is 0 Å². The lowest BCUT2D eigenvalue weighted by Crippen LogP contribution is -2.29. The monoisotopic (exact) mass is 192 g/mol. The first-order chi connectivity index (χ1) is 6.18. The van der Waals surface area contributed by atoms with Crippen LogP contribution in [-0.2, 0) is 9.78 Å². The summed E-state index contributed by atoms with van der Waals surface area (Å²) in [6.07, 6.45) is 6.02. The molecule has 0 heterocycles. The van der Waals surface area contributed by atoms with E-state index in [0.29, 0.717) is 6.42 Å². The van der Waals surface area contributed by atoms with Crippen LogP contribution in [0.1, 0.15) is 52.4 Å².